The van der Waals surface area contributed by atoms with Crippen LogP contribution in [-0.2, 0) is 22.4 Å². The highest BCUT2D eigenvalue weighted by Crippen LogP contribution is 2.32. The summed E-state index contributed by atoms with van der Waals surface area (Å²) in [6.07, 6.45) is 4.33. The molecule has 0 saturated carbocycles. The summed E-state index contributed by atoms with van der Waals surface area (Å²) in [5.74, 6) is 1.20. The molecule has 4 rings (SSSR count). The number of aryl methyl sites for hydroxylation is 1. The van der Waals surface area contributed by atoms with Crippen molar-refractivity contribution in [2.24, 2.45) is 0 Å². The van der Waals surface area contributed by atoms with Crippen LogP contribution in [0.2, 0.25) is 0 Å². The first-order valence-corrected chi connectivity index (χ1v) is 8.11. The van der Waals surface area contributed by atoms with Gasteiger partial charge in [0.25, 0.3) is 5.95 Å². The van der Waals surface area contributed by atoms with Gasteiger partial charge in [0.2, 0.25) is 5.91 Å². The van der Waals surface area contributed by atoms with Gasteiger partial charge in [-0.3, -0.25) is 10.1 Å². The summed E-state index contributed by atoms with van der Waals surface area (Å²) < 4.78 is 7.13. The van der Waals surface area contributed by atoms with Crippen LogP contribution < -0.4 is 10.2 Å². The fourth-order valence-electron chi connectivity index (χ4n) is 3.38. The molecule has 1 fully saturated rings. The Labute approximate surface area is 133 Å². The van der Waals surface area contributed by atoms with Crippen LogP contribution in [0.1, 0.15) is 30.9 Å². The summed E-state index contributed by atoms with van der Waals surface area (Å²) in [4.78, 5) is 13.7. The first kappa shape index (κ1) is 14.4. The van der Waals surface area contributed by atoms with E-state index in [1.165, 1.54) is 24.5 Å². The number of carbonyl (C=O) groups is 1. The molecule has 2 aromatic heterocycles. The standard InChI is InChI=1S/C15H20N6O2/c1-10(22)16-15-18-17-13-11-4-2-3-5-12(11)14(19-21(13)15)20-6-8-23-9-7-20/h2-9H2,1H3,(H,16,18,22). The summed E-state index contributed by atoms with van der Waals surface area (Å²) >= 11 is 0. The van der Waals surface area contributed by atoms with Gasteiger partial charge in [0.15, 0.2) is 11.5 Å². The monoisotopic (exact) mass is 316 g/mol. The Kier molecular flexibility index (Phi) is 3.60. The van der Waals surface area contributed by atoms with E-state index in [1.54, 1.807) is 4.52 Å². The zero-order chi connectivity index (χ0) is 15.8. The van der Waals surface area contributed by atoms with Crippen LogP contribution in [0.5, 0.6) is 0 Å². The Morgan fingerprint density at radius 2 is 1.87 bits per heavy atom. The molecular formula is C15H20N6O2. The van der Waals surface area contributed by atoms with E-state index < -0.39 is 0 Å². The van der Waals surface area contributed by atoms with Crippen molar-refractivity contribution in [2.45, 2.75) is 32.6 Å². The molecule has 0 unspecified atom stereocenters. The number of nitrogens with one attached hydrogen (secondary N) is 1. The molecule has 0 bridgehead atoms. The summed E-state index contributed by atoms with van der Waals surface area (Å²) in [6.45, 7) is 4.57. The number of amides is 1. The van der Waals surface area contributed by atoms with Crippen molar-refractivity contribution >= 4 is 23.3 Å². The van der Waals surface area contributed by atoms with Crippen LogP contribution in [0.4, 0.5) is 11.8 Å². The molecule has 23 heavy (non-hydrogen) atoms. The maximum Gasteiger partial charge on any atom is 0.252 e. The first-order valence-electron chi connectivity index (χ1n) is 8.11. The smallest absolute Gasteiger partial charge is 0.252 e. The van der Waals surface area contributed by atoms with Crippen LogP contribution >= 0.6 is 0 Å². The fourth-order valence-corrected chi connectivity index (χ4v) is 3.38. The molecule has 8 heteroatoms. The Hall–Kier alpha value is -2.22. The largest absolute Gasteiger partial charge is 0.378 e. The molecule has 1 amide bonds. The molecule has 1 N–H and O–H groups in total. The number of carbonyl (C=O) groups excluding carboxylic acids is 1. The Balaban J connectivity index is 1.87. The molecule has 0 atom stereocenters. The molecule has 0 aromatic carbocycles. The molecule has 122 valence electrons. The number of rotatable bonds is 2. The van der Waals surface area contributed by atoms with Gasteiger partial charge >= 0.3 is 0 Å². The minimum absolute atomic E-state index is 0.174. The molecule has 1 aliphatic carbocycles. The quantitative estimate of drug-likeness (QED) is 0.882. The van der Waals surface area contributed by atoms with E-state index in [-0.39, 0.29) is 5.91 Å². The van der Waals surface area contributed by atoms with Gasteiger partial charge in [-0.25, -0.2) is 0 Å². The van der Waals surface area contributed by atoms with Crippen LogP contribution in [0.25, 0.3) is 5.65 Å². The van der Waals surface area contributed by atoms with E-state index in [9.17, 15) is 4.79 Å². The summed E-state index contributed by atoms with van der Waals surface area (Å²) in [5.41, 5.74) is 3.27. The SMILES string of the molecule is CC(=O)Nc1nnc2c3c(c(N4CCOCC4)nn12)CCCC3. The van der Waals surface area contributed by atoms with Crippen molar-refractivity contribution in [2.75, 3.05) is 36.5 Å². The highest BCUT2D eigenvalue weighted by atomic mass is 16.5. The number of ether oxygens (including phenoxy) is 1. The van der Waals surface area contributed by atoms with E-state index in [1.807, 2.05) is 0 Å². The predicted molar refractivity (Wildman–Crippen MR) is 84.8 cm³/mol. The van der Waals surface area contributed by atoms with E-state index in [0.29, 0.717) is 5.95 Å². The fraction of sp³-hybridized carbons (Fsp3) is 0.600. The molecule has 8 nitrogen and oxygen atoms in total. The number of nitrogens with zero attached hydrogens (tertiary/aromatic N) is 5. The van der Waals surface area contributed by atoms with Crippen molar-refractivity contribution in [1.82, 2.24) is 19.8 Å². The normalized spacial score (nSPS) is 18.0. The van der Waals surface area contributed by atoms with Crippen molar-refractivity contribution < 1.29 is 9.53 Å². The summed E-state index contributed by atoms with van der Waals surface area (Å²) in [5, 5.41) is 15.9. The first-order chi connectivity index (χ1) is 11.2. The maximum atomic E-state index is 11.4. The van der Waals surface area contributed by atoms with Crippen LogP contribution in [0, 0.1) is 0 Å². The summed E-state index contributed by atoms with van der Waals surface area (Å²) in [6, 6.07) is 0. The van der Waals surface area contributed by atoms with E-state index in [4.69, 9.17) is 9.84 Å². The van der Waals surface area contributed by atoms with Crippen molar-refractivity contribution in [3.8, 4) is 0 Å². The Morgan fingerprint density at radius 3 is 2.61 bits per heavy atom. The van der Waals surface area contributed by atoms with Gasteiger partial charge in [-0.2, -0.15) is 4.52 Å². The van der Waals surface area contributed by atoms with Crippen molar-refractivity contribution in [3.05, 3.63) is 11.1 Å². The van der Waals surface area contributed by atoms with Gasteiger partial charge in [0.1, 0.15) is 0 Å². The average Bonchev–Trinajstić information content (AvgIpc) is 2.97. The second kappa shape index (κ2) is 5.77. The number of aromatic nitrogens is 4. The topological polar surface area (TPSA) is 84.7 Å². The zero-order valence-corrected chi connectivity index (χ0v) is 13.2. The van der Waals surface area contributed by atoms with Gasteiger partial charge in [-0.05, 0) is 25.7 Å². The van der Waals surface area contributed by atoms with Gasteiger partial charge < -0.3 is 9.64 Å². The van der Waals surface area contributed by atoms with Gasteiger partial charge in [0, 0.05) is 31.1 Å². The van der Waals surface area contributed by atoms with Crippen LogP contribution in [0.3, 0.4) is 0 Å². The van der Waals surface area contributed by atoms with E-state index in [2.05, 4.69) is 20.4 Å². The third-order valence-corrected chi connectivity index (χ3v) is 4.44. The van der Waals surface area contributed by atoms with Crippen LogP contribution in [0.15, 0.2) is 0 Å². The van der Waals surface area contributed by atoms with Gasteiger partial charge in [-0.15, -0.1) is 15.3 Å². The van der Waals surface area contributed by atoms with E-state index >= 15 is 0 Å². The van der Waals surface area contributed by atoms with Crippen LogP contribution in [-0.4, -0.2) is 52.0 Å². The third-order valence-electron chi connectivity index (χ3n) is 4.44. The average molecular weight is 316 g/mol. The maximum absolute atomic E-state index is 11.4. The lowest BCUT2D eigenvalue weighted by Crippen LogP contribution is -2.38. The highest BCUT2D eigenvalue weighted by molar-refractivity contribution is 5.87. The highest BCUT2D eigenvalue weighted by Gasteiger charge is 2.25. The van der Waals surface area contributed by atoms with Gasteiger partial charge in [0.05, 0.1) is 13.2 Å². The molecule has 0 spiro atoms. The van der Waals surface area contributed by atoms with Crippen molar-refractivity contribution in [1.29, 1.82) is 0 Å². The number of hydrogen-bond acceptors (Lipinski definition) is 6. The molecule has 3 heterocycles. The lowest BCUT2D eigenvalue weighted by Gasteiger charge is -2.31. The molecule has 0 radical (unpaired) electrons. The molecule has 1 aliphatic heterocycles. The number of fused-ring (bicyclic) bond motifs is 3. The number of morpholine rings is 1. The summed E-state index contributed by atoms with van der Waals surface area (Å²) in [7, 11) is 0. The lowest BCUT2D eigenvalue weighted by atomic mass is 9.92. The third kappa shape index (κ3) is 2.52. The van der Waals surface area contributed by atoms with Crippen molar-refractivity contribution in [3.63, 3.8) is 0 Å². The second-order valence-corrected chi connectivity index (χ2v) is 6.03. The Morgan fingerprint density at radius 1 is 1.13 bits per heavy atom. The lowest BCUT2D eigenvalue weighted by molar-refractivity contribution is -0.114. The van der Waals surface area contributed by atoms with Gasteiger partial charge in [-0.1, -0.05) is 0 Å². The minimum atomic E-state index is -0.174. The minimum Gasteiger partial charge on any atom is -0.378 e. The number of anilines is 2. The molecular weight excluding hydrogens is 296 g/mol. The molecule has 1 saturated heterocycles. The van der Waals surface area contributed by atoms with E-state index in [0.717, 1.165) is 57.0 Å². The predicted octanol–water partition coefficient (Wildman–Crippen LogP) is 0.798. The second-order valence-electron chi connectivity index (χ2n) is 6.03. The Bertz CT molecular complexity index is 750. The molecule has 2 aromatic rings. The molecule has 2 aliphatic rings. The number of hydrogen-bond donors (Lipinski definition) is 1. The zero-order valence-electron chi connectivity index (χ0n) is 13.2.